The normalized spacial score (nSPS) is 11.4. The Kier molecular flexibility index (Phi) is 9.42. The van der Waals surface area contributed by atoms with Crippen molar-refractivity contribution in [1.29, 1.82) is 0 Å². The SMILES string of the molecule is c1ccc(-c2cccc(-c3cc(-c4ccc(-c5ccc(-c6nc7ccccc7c7ccc8c(nc(-c9ccccc9)n8-c8ccccc8)c67)cc5)cc4)nc(-c4ccccc4)n3)c2)cc1. The molecule has 0 aliphatic heterocycles. The molecule has 0 saturated carbocycles. The van der Waals surface area contributed by atoms with Gasteiger partial charge in [-0.3, -0.25) is 4.57 Å². The minimum atomic E-state index is 0.693. The summed E-state index contributed by atoms with van der Waals surface area (Å²) in [5.74, 6) is 1.59. The highest BCUT2D eigenvalue weighted by Crippen LogP contribution is 2.40. The number of benzene rings is 9. The zero-order valence-corrected chi connectivity index (χ0v) is 35.3. The van der Waals surface area contributed by atoms with E-state index in [9.17, 15) is 0 Å². The summed E-state index contributed by atoms with van der Waals surface area (Å²) < 4.78 is 2.27. The number of para-hydroxylation sites is 2. The summed E-state index contributed by atoms with van der Waals surface area (Å²) in [4.78, 5) is 21.0. The number of imidazole rings is 1. The lowest BCUT2D eigenvalue weighted by atomic mass is 9.96. The Morgan fingerprint density at radius 3 is 1.52 bits per heavy atom. The van der Waals surface area contributed by atoms with Gasteiger partial charge >= 0.3 is 0 Å². The molecule has 65 heavy (non-hydrogen) atoms. The smallest absolute Gasteiger partial charge is 0.160 e. The van der Waals surface area contributed by atoms with Crippen LogP contribution < -0.4 is 0 Å². The molecule has 304 valence electrons. The molecular formula is C60H39N5. The Balaban J connectivity index is 0.936. The van der Waals surface area contributed by atoms with E-state index >= 15 is 0 Å². The maximum absolute atomic E-state index is 5.45. The van der Waals surface area contributed by atoms with Crippen molar-refractivity contribution in [2.24, 2.45) is 0 Å². The van der Waals surface area contributed by atoms with Crippen molar-refractivity contribution in [2.45, 2.75) is 0 Å². The van der Waals surface area contributed by atoms with Crippen LogP contribution >= 0.6 is 0 Å². The van der Waals surface area contributed by atoms with Crippen LogP contribution in [0.1, 0.15) is 0 Å². The van der Waals surface area contributed by atoms with E-state index in [1.54, 1.807) is 0 Å². The molecule has 0 radical (unpaired) electrons. The minimum absolute atomic E-state index is 0.693. The van der Waals surface area contributed by atoms with E-state index in [0.29, 0.717) is 5.82 Å². The van der Waals surface area contributed by atoms with Crippen LogP contribution in [0.5, 0.6) is 0 Å². The Labute approximate surface area is 376 Å². The fourth-order valence-corrected chi connectivity index (χ4v) is 9.01. The second-order valence-corrected chi connectivity index (χ2v) is 16.2. The summed E-state index contributed by atoms with van der Waals surface area (Å²) in [6, 6.07) is 82.6. The molecule has 0 aliphatic rings. The maximum Gasteiger partial charge on any atom is 0.160 e. The molecule has 0 N–H and O–H groups in total. The van der Waals surface area contributed by atoms with Gasteiger partial charge in [-0.25, -0.2) is 19.9 Å². The first-order valence-electron chi connectivity index (χ1n) is 21.9. The zero-order chi connectivity index (χ0) is 43.1. The van der Waals surface area contributed by atoms with E-state index < -0.39 is 0 Å². The van der Waals surface area contributed by atoms with Crippen molar-refractivity contribution in [1.82, 2.24) is 24.5 Å². The minimum Gasteiger partial charge on any atom is -0.292 e. The van der Waals surface area contributed by atoms with Gasteiger partial charge in [0.2, 0.25) is 0 Å². The Hall–Kier alpha value is -8.80. The number of hydrogen-bond donors (Lipinski definition) is 0. The van der Waals surface area contributed by atoms with Gasteiger partial charge in [-0.1, -0.05) is 200 Å². The molecule has 0 spiro atoms. The third-order valence-corrected chi connectivity index (χ3v) is 12.2. The van der Waals surface area contributed by atoms with Gasteiger partial charge in [0.25, 0.3) is 0 Å². The summed E-state index contributed by atoms with van der Waals surface area (Å²) in [6.07, 6.45) is 0. The van der Waals surface area contributed by atoms with E-state index in [1.807, 2.05) is 30.3 Å². The highest BCUT2D eigenvalue weighted by Gasteiger charge is 2.21. The summed E-state index contributed by atoms with van der Waals surface area (Å²) in [6.45, 7) is 0. The first kappa shape index (κ1) is 37.9. The average Bonchev–Trinajstić information content (AvgIpc) is 3.80. The number of pyridine rings is 1. The summed E-state index contributed by atoms with van der Waals surface area (Å²) in [7, 11) is 0. The first-order valence-corrected chi connectivity index (χ1v) is 21.9. The van der Waals surface area contributed by atoms with Gasteiger partial charge in [-0.05, 0) is 64.0 Å². The molecule has 0 unspecified atom stereocenters. The van der Waals surface area contributed by atoms with Crippen molar-refractivity contribution < 1.29 is 0 Å². The molecule has 12 aromatic rings. The lowest BCUT2D eigenvalue weighted by Gasteiger charge is -2.13. The highest BCUT2D eigenvalue weighted by molar-refractivity contribution is 6.20. The molecular weight excluding hydrogens is 791 g/mol. The van der Waals surface area contributed by atoms with Gasteiger partial charge in [-0.2, -0.15) is 0 Å². The van der Waals surface area contributed by atoms with Gasteiger partial charge in [0, 0.05) is 44.3 Å². The van der Waals surface area contributed by atoms with Crippen LogP contribution in [0.15, 0.2) is 237 Å². The number of fused-ring (bicyclic) bond motifs is 5. The molecule has 0 amide bonds. The average molecular weight is 830 g/mol. The van der Waals surface area contributed by atoms with Crippen LogP contribution in [0.3, 0.4) is 0 Å². The fraction of sp³-hybridized carbons (Fsp3) is 0. The largest absolute Gasteiger partial charge is 0.292 e. The third-order valence-electron chi connectivity index (χ3n) is 12.2. The number of hydrogen-bond acceptors (Lipinski definition) is 4. The molecule has 0 saturated heterocycles. The van der Waals surface area contributed by atoms with Crippen LogP contribution in [-0.4, -0.2) is 24.5 Å². The van der Waals surface area contributed by atoms with Gasteiger partial charge in [0.1, 0.15) is 5.82 Å². The lowest BCUT2D eigenvalue weighted by molar-refractivity contribution is 1.10. The van der Waals surface area contributed by atoms with E-state index in [1.165, 1.54) is 5.56 Å². The van der Waals surface area contributed by atoms with Gasteiger partial charge in [0.15, 0.2) is 5.82 Å². The van der Waals surface area contributed by atoms with E-state index in [-0.39, 0.29) is 0 Å². The predicted octanol–water partition coefficient (Wildman–Crippen LogP) is 15.2. The molecule has 3 heterocycles. The van der Waals surface area contributed by atoms with Crippen LogP contribution in [0.25, 0.3) is 117 Å². The van der Waals surface area contributed by atoms with Crippen molar-refractivity contribution in [3.05, 3.63) is 237 Å². The standard InChI is InChI=1S/C60H39N5/c1-5-16-40(17-6-1)47-22-15-23-48(38-47)54-39-53(62-59(63-54)45-18-7-2-8-19-45)43-32-28-41(29-33-43)42-30-34-44(35-31-42)57-56-51(50-26-13-14-27-52(50)61-57)36-37-55-58(56)64-60(46-20-9-3-10-21-46)65(55)49-24-11-4-12-25-49/h1-39H. The second kappa shape index (κ2) is 16.2. The van der Waals surface area contributed by atoms with Crippen LogP contribution in [0.4, 0.5) is 0 Å². The molecule has 12 rings (SSSR count). The van der Waals surface area contributed by atoms with E-state index in [2.05, 4.69) is 211 Å². The molecule has 5 nitrogen and oxygen atoms in total. The number of nitrogens with zero attached hydrogens (tertiary/aromatic N) is 5. The van der Waals surface area contributed by atoms with Crippen LogP contribution in [-0.2, 0) is 0 Å². The first-order chi connectivity index (χ1) is 32.2. The molecule has 3 aromatic heterocycles. The van der Waals surface area contributed by atoms with Crippen LogP contribution in [0.2, 0.25) is 0 Å². The van der Waals surface area contributed by atoms with E-state index in [4.69, 9.17) is 19.9 Å². The van der Waals surface area contributed by atoms with Gasteiger partial charge < -0.3 is 0 Å². The fourth-order valence-electron chi connectivity index (χ4n) is 9.01. The number of aromatic nitrogens is 5. The molecule has 0 bridgehead atoms. The van der Waals surface area contributed by atoms with Crippen molar-refractivity contribution in [3.63, 3.8) is 0 Å². The Morgan fingerprint density at radius 1 is 0.308 bits per heavy atom. The summed E-state index contributed by atoms with van der Waals surface area (Å²) >= 11 is 0. The maximum atomic E-state index is 5.45. The Bertz CT molecular complexity index is 3660. The lowest BCUT2D eigenvalue weighted by Crippen LogP contribution is -1.97. The molecule has 5 heteroatoms. The predicted molar refractivity (Wildman–Crippen MR) is 268 cm³/mol. The van der Waals surface area contributed by atoms with Crippen LogP contribution in [0, 0.1) is 0 Å². The van der Waals surface area contributed by atoms with Gasteiger partial charge in [-0.15, -0.1) is 0 Å². The zero-order valence-electron chi connectivity index (χ0n) is 35.3. The third kappa shape index (κ3) is 7.02. The van der Waals surface area contributed by atoms with Crippen molar-refractivity contribution in [2.75, 3.05) is 0 Å². The Morgan fingerprint density at radius 2 is 0.831 bits per heavy atom. The molecule has 9 aromatic carbocycles. The monoisotopic (exact) mass is 829 g/mol. The summed E-state index contributed by atoms with van der Waals surface area (Å²) in [5.41, 5.74) is 16.3. The highest BCUT2D eigenvalue weighted by atomic mass is 15.1. The second-order valence-electron chi connectivity index (χ2n) is 16.2. The molecule has 0 aliphatic carbocycles. The molecule has 0 fully saturated rings. The topological polar surface area (TPSA) is 56.5 Å². The van der Waals surface area contributed by atoms with E-state index in [0.717, 1.165) is 106 Å². The number of rotatable bonds is 8. The molecule has 0 atom stereocenters. The van der Waals surface area contributed by atoms with Crippen molar-refractivity contribution >= 4 is 32.7 Å². The van der Waals surface area contributed by atoms with Gasteiger partial charge in [0.05, 0.1) is 33.6 Å². The summed E-state index contributed by atoms with van der Waals surface area (Å²) in [5, 5.41) is 3.27. The quantitative estimate of drug-likeness (QED) is 0.143. The van der Waals surface area contributed by atoms with Crippen molar-refractivity contribution in [3.8, 4) is 84.5 Å².